The maximum Gasteiger partial charge on any atom is 0.0615 e. The van der Waals surface area contributed by atoms with Crippen molar-refractivity contribution < 1.29 is 4.74 Å². The maximum atomic E-state index is 5.27. The van der Waals surface area contributed by atoms with Gasteiger partial charge in [0.1, 0.15) is 0 Å². The molecule has 0 saturated heterocycles. The Morgan fingerprint density at radius 3 is 2.24 bits per heavy atom. The normalized spacial score (nSPS) is 17.1. The molecule has 0 spiro atoms. The van der Waals surface area contributed by atoms with E-state index in [1.807, 2.05) is 0 Å². The van der Waals surface area contributed by atoms with Gasteiger partial charge in [0.15, 0.2) is 0 Å². The topological polar surface area (TPSA) is 24.5 Å². The molecule has 104 valence electrons. The molecule has 17 heavy (non-hydrogen) atoms. The summed E-state index contributed by atoms with van der Waals surface area (Å²) in [4.78, 5) is 2.53. The van der Waals surface area contributed by atoms with Crippen LogP contribution in [0.4, 0.5) is 0 Å². The number of methoxy groups -OCH3 is 1. The van der Waals surface area contributed by atoms with E-state index >= 15 is 0 Å². The zero-order valence-electron chi connectivity index (χ0n) is 12.6. The summed E-state index contributed by atoms with van der Waals surface area (Å²) in [6, 6.07) is 1.62. The summed E-state index contributed by atoms with van der Waals surface area (Å²) < 4.78 is 5.27. The van der Waals surface area contributed by atoms with Crippen LogP contribution in [0.1, 0.15) is 47.5 Å². The van der Waals surface area contributed by atoms with Gasteiger partial charge in [0.2, 0.25) is 0 Å². The van der Waals surface area contributed by atoms with E-state index in [2.05, 4.69) is 44.8 Å². The van der Waals surface area contributed by atoms with Crippen molar-refractivity contribution in [1.29, 1.82) is 0 Å². The lowest BCUT2D eigenvalue weighted by Crippen LogP contribution is -2.52. The van der Waals surface area contributed by atoms with Crippen molar-refractivity contribution in [3.05, 3.63) is 0 Å². The Morgan fingerprint density at radius 2 is 1.82 bits per heavy atom. The molecular weight excluding hydrogens is 212 g/mol. The van der Waals surface area contributed by atoms with E-state index < -0.39 is 0 Å². The highest BCUT2D eigenvalue weighted by Gasteiger charge is 2.24. The summed E-state index contributed by atoms with van der Waals surface area (Å²) in [5.74, 6) is 0. The standard InChI is InChI=1S/C14H32N2O/c1-7-10-15-14(8-2)13(5)16(9-3)12(4)11-17-6/h12-15H,7-11H2,1-6H3. The van der Waals surface area contributed by atoms with Crippen LogP contribution in [0.2, 0.25) is 0 Å². The van der Waals surface area contributed by atoms with E-state index in [1.54, 1.807) is 7.11 Å². The molecule has 0 aliphatic heterocycles. The molecule has 0 bridgehead atoms. The number of hydrogen-bond donors (Lipinski definition) is 1. The Bertz CT molecular complexity index is 176. The molecule has 1 N–H and O–H groups in total. The van der Waals surface area contributed by atoms with Crippen LogP contribution in [-0.2, 0) is 4.74 Å². The number of nitrogens with one attached hydrogen (secondary N) is 1. The summed E-state index contributed by atoms with van der Waals surface area (Å²) in [5, 5.41) is 3.65. The second-order valence-electron chi connectivity index (χ2n) is 4.84. The summed E-state index contributed by atoms with van der Waals surface area (Å²) in [5.41, 5.74) is 0. The van der Waals surface area contributed by atoms with Crippen LogP contribution < -0.4 is 5.32 Å². The maximum absolute atomic E-state index is 5.27. The molecule has 0 aromatic heterocycles. The molecule has 0 fully saturated rings. The third-order valence-corrected chi connectivity index (χ3v) is 3.54. The van der Waals surface area contributed by atoms with E-state index in [0.29, 0.717) is 18.1 Å². The Kier molecular flexibility index (Phi) is 9.79. The fourth-order valence-electron chi connectivity index (χ4n) is 2.55. The lowest BCUT2D eigenvalue weighted by molar-refractivity contribution is 0.0644. The van der Waals surface area contributed by atoms with Crippen LogP contribution >= 0.6 is 0 Å². The van der Waals surface area contributed by atoms with Gasteiger partial charge in [-0.25, -0.2) is 0 Å². The Hall–Kier alpha value is -0.120. The number of hydrogen-bond acceptors (Lipinski definition) is 3. The minimum Gasteiger partial charge on any atom is -0.383 e. The fourth-order valence-corrected chi connectivity index (χ4v) is 2.55. The van der Waals surface area contributed by atoms with Gasteiger partial charge in [-0.3, -0.25) is 4.90 Å². The summed E-state index contributed by atoms with van der Waals surface area (Å²) >= 11 is 0. The summed E-state index contributed by atoms with van der Waals surface area (Å²) in [6.07, 6.45) is 2.38. The number of nitrogens with zero attached hydrogens (tertiary/aromatic N) is 1. The second kappa shape index (κ2) is 9.86. The van der Waals surface area contributed by atoms with E-state index in [0.717, 1.165) is 19.7 Å². The van der Waals surface area contributed by atoms with Gasteiger partial charge in [0.25, 0.3) is 0 Å². The fraction of sp³-hybridized carbons (Fsp3) is 1.00. The minimum absolute atomic E-state index is 0.484. The minimum atomic E-state index is 0.484. The molecule has 0 saturated carbocycles. The van der Waals surface area contributed by atoms with E-state index in [9.17, 15) is 0 Å². The monoisotopic (exact) mass is 244 g/mol. The second-order valence-corrected chi connectivity index (χ2v) is 4.84. The van der Waals surface area contributed by atoms with Gasteiger partial charge in [-0.1, -0.05) is 20.8 Å². The highest BCUT2D eigenvalue weighted by molar-refractivity contribution is 4.82. The molecule has 0 aromatic rings. The highest BCUT2D eigenvalue weighted by atomic mass is 16.5. The van der Waals surface area contributed by atoms with Crippen molar-refractivity contribution in [2.24, 2.45) is 0 Å². The molecule has 0 aliphatic carbocycles. The zero-order valence-corrected chi connectivity index (χ0v) is 12.6. The van der Waals surface area contributed by atoms with Gasteiger partial charge in [0.05, 0.1) is 6.61 Å². The van der Waals surface area contributed by atoms with Crippen molar-refractivity contribution in [3.63, 3.8) is 0 Å². The van der Waals surface area contributed by atoms with Gasteiger partial charge in [-0.15, -0.1) is 0 Å². The quantitative estimate of drug-likeness (QED) is 0.639. The van der Waals surface area contributed by atoms with Gasteiger partial charge >= 0.3 is 0 Å². The first-order valence-electron chi connectivity index (χ1n) is 7.10. The van der Waals surface area contributed by atoms with Crippen molar-refractivity contribution in [2.75, 3.05) is 26.8 Å². The lowest BCUT2D eigenvalue weighted by atomic mass is 10.0. The van der Waals surface area contributed by atoms with Gasteiger partial charge in [-0.2, -0.15) is 0 Å². The molecule has 0 heterocycles. The molecule has 0 amide bonds. The van der Waals surface area contributed by atoms with Crippen LogP contribution in [0.15, 0.2) is 0 Å². The number of rotatable bonds is 10. The van der Waals surface area contributed by atoms with Crippen molar-refractivity contribution >= 4 is 0 Å². The third-order valence-electron chi connectivity index (χ3n) is 3.54. The molecule has 3 nitrogen and oxygen atoms in total. The summed E-state index contributed by atoms with van der Waals surface area (Å²) in [6.45, 7) is 14.3. The molecule has 0 rings (SSSR count). The highest BCUT2D eigenvalue weighted by Crippen LogP contribution is 2.12. The lowest BCUT2D eigenvalue weighted by Gasteiger charge is -2.38. The van der Waals surface area contributed by atoms with Gasteiger partial charge < -0.3 is 10.1 Å². The Labute approximate surface area is 108 Å². The van der Waals surface area contributed by atoms with E-state index in [1.165, 1.54) is 12.8 Å². The first kappa shape index (κ1) is 16.9. The molecule has 0 aliphatic rings. The molecule has 0 aromatic carbocycles. The average Bonchev–Trinajstić information content (AvgIpc) is 2.31. The smallest absolute Gasteiger partial charge is 0.0615 e. The number of ether oxygens (including phenoxy) is 1. The van der Waals surface area contributed by atoms with Gasteiger partial charge in [0, 0.05) is 25.2 Å². The van der Waals surface area contributed by atoms with Crippen LogP contribution in [-0.4, -0.2) is 49.8 Å². The van der Waals surface area contributed by atoms with Crippen LogP contribution in [0.3, 0.4) is 0 Å². The van der Waals surface area contributed by atoms with E-state index in [4.69, 9.17) is 4.74 Å². The van der Waals surface area contributed by atoms with Crippen LogP contribution in [0, 0.1) is 0 Å². The molecule has 3 heteroatoms. The molecule has 0 radical (unpaired) electrons. The van der Waals surface area contributed by atoms with Crippen molar-refractivity contribution in [3.8, 4) is 0 Å². The third kappa shape index (κ3) is 5.84. The number of likely N-dealkylation sites (N-methyl/N-ethyl adjacent to an activating group) is 1. The molecule has 3 atom stereocenters. The average molecular weight is 244 g/mol. The van der Waals surface area contributed by atoms with Crippen molar-refractivity contribution in [2.45, 2.75) is 65.6 Å². The van der Waals surface area contributed by atoms with Gasteiger partial charge in [-0.05, 0) is 39.8 Å². The molecule has 3 unspecified atom stereocenters. The van der Waals surface area contributed by atoms with Crippen LogP contribution in [0.5, 0.6) is 0 Å². The van der Waals surface area contributed by atoms with Crippen LogP contribution in [0.25, 0.3) is 0 Å². The Morgan fingerprint density at radius 1 is 1.18 bits per heavy atom. The Balaban J connectivity index is 4.40. The SMILES string of the molecule is CCCNC(CC)C(C)N(CC)C(C)COC. The van der Waals surface area contributed by atoms with Crippen molar-refractivity contribution in [1.82, 2.24) is 10.2 Å². The molecular formula is C14H32N2O. The van der Waals surface area contributed by atoms with E-state index in [-0.39, 0.29) is 0 Å². The summed E-state index contributed by atoms with van der Waals surface area (Å²) in [7, 11) is 1.78. The first-order chi connectivity index (χ1) is 8.12. The zero-order chi connectivity index (χ0) is 13.3. The largest absolute Gasteiger partial charge is 0.383 e. The first-order valence-corrected chi connectivity index (χ1v) is 7.10. The predicted molar refractivity (Wildman–Crippen MR) is 75.6 cm³/mol. The predicted octanol–water partition coefficient (Wildman–Crippen LogP) is 2.51.